The Kier molecular flexibility index (Phi) is 7.14. The fraction of sp³-hybridized carbons (Fsp3) is 0.611. The van der Waals surface area contributed by atoms with Gasteiger partial charge in [0.1, 0.15) is 0 Å². The van der Waals surface area contributed by atoms with E-state index in [0.29, 0.717) is 45.0 Å². The molecule has 5 nitrogen and oxygen atoms in total. The van der Waals surface area contributed by atoms with Crippen LogP contribution in [0.1, 0.15) is 25.8 Å². The third-order valence-corrected chi connectivity index (χ3v) is 4.15. The molecule has 2 rings (SSSR count). The SMILES string of the molecule is CC(C)OCCCNC(=O)N1CCN(c2cccc(C(F)(F)F)c2)CC1. The molecule has 26 heavy (non-hydrogen) atoms. The lowest BCUT2D eigenvalue weighted by atomic mass is 10.1. The van der Waals surface area contributed by atoms with Crippen molar-refractivity contribution in [2.45, 2.75) is 32.5 Å². The molecular weight excluding hydrogens is 347 g/mol. The van der Waals surface area contributed by atoms with Gasteiger partial charge in [0.25, 0.3) is 0 Å². The monoisotopic (exact) mass is 373 g/mol. The van der Waals surface area contributed by atoms with E-state index in [2.05, 4.69) is 5.32 Å². The van der Waals surface area contributed by atoms with E-state index in [1.807, 2.05) is 18.7 Å². The van der Waals surface area contributed by atoms with Gasteiger partial charge in [0.05, 0.1) is 11.7 Å². The minimum Gasteiger partial charge on any atom is -0.379 e. The number of urea groups is 1. The fourth-order valence-electron chi connectivity index (χ4n) is 2.75. The first kappa shape index (κ1) is 20.4. The van der Waals surface area contributed by atoms with E-state index < -0.39 is 11.7 Å². The average molecular weight is 373 g/mol. The summed E-state index contributed by atoms with van der Waals surface area (Å²) in [5, 5.41) is 2.85. The first-order valence-corrected chi connectivity index (χ1v) is 8.84. The van der Waals surface area contributed by atoms with Gasteiger partial charge in [-0.25, -0.2) is 4.79 Å². The van der Waals surface area contributed by atoms with Crippen molar-refractivity contribution in [3.8, 4) is 0 Å². The van der Waals surface area contributed by atoms with E-state index in [9.17, 15) is 18.0 Å². The Hall–Kier alpha value is -1.96. The maximum atomic E-state index is 12.8. The Morgan fingerprint density at radius 3 is 2.54 bits per heavy atom. The molecule has 1 N–H and O–H groups in total. The zero-order valence-corrected chi connectivity index (χ0v) is 15.2. The van der Waals surface area contributed by atoms with Crippen LogP contribution in [-0.4, -0.2) is 56.4 Å². The lowest BCUT2D eigenvalue weighted by Gasteiger charge is -2.36. The molecule has 0 radical (unpaired) electrons. The molecule has 1 aromatic rings. The van der Waals surface area contributed by atoms with Crippen LogP contribution >= 0.6 is 0 Å². The number of hydrogen-bond acceptors (Lipinski definition) is 3. The van der Waals surface area contributed by atoms with Gasteiger partial charge in [-0.05, 0) is 38.5 Å². The highest BCUT2D eigenvalue weighted by atomic mass is 19.4. The van der Waals surface area contributed by atoms with Crippen molar-refractivity contribution in [3.63, 3.8) is 0 Å². The highest BCUT2D eigenvalue weighted by Crippen LogP contribution is 2.31. The van der Waals surface area contributed by atoms with Crippen LogP contribution < -0.4 is 10.2 Å². The summed E-state index contributed by atoms with van der Waals surface area (Å²) in [5.74, 6) is 0. The predicted octanol–water partition coefficient (Wildman–Crippen LogP) is 3.35. The van der Waals surface area contributed by atoms with E-state index in [-0.39, 0.29) is 12.1 Å². The third-order valence-electron chi connectivity index (χ3n) is 4.15. The first-order valence-electron chi connectivity index (χ1n) is 8.84. The maximum Gasteiger partial charge on any atom is 0.416 e. The van der Waals surface area contributed by atoms with Crippen LogP contribution in [0, 0.1) is 0 Å². The highest BCUT2D eigenvalue weighted by molar-refractivity contribution is 5.74. The molecular formula is C18H26F3N3O2. The van der Waals surface area contributed by atoms with Crippen molar-refractivity contribution in [2.24, 2.45) is 0 Å². The van der Waals surface area contributed by atoms with Crippen LogP contribution in [0.25, 0.3) is 0 Å². The quantitative estimate of drug-likeness (QED) is 0.778. The Labute approximate surface area is 152 Å². The Morgan fingerprint density at radius 1 is 1.23 bits per heavy atom. The summed E-state index contributed by atoms with van der Waals surface area (Å²) < 4.78 is 43.9. The topological polar surface area (TPSA) is 44.8 Å². The summed E-state index contributed by atoms with van der Waals surface area (Å²) in [6.07, 6.45) is -3.43. The van der Waals surface area contributed by atoms with Gasteiger partial charge in [-0.3, -0.25) is 0 Å². The highest BCUT2D eigenvalue weighted by Gasteiger charge is 2.31. The fourth-order valence-corrected chi connectivity index (χ4v) is 2.75. The molecule has 0 spiro atoms. The van der Waals surface area contributed by atoms with Crippen molar-refractivity contribution in [3.05, 3.63) is 29.8 Å². The lowest BCUT2D eigenvalue weighted by Crippen LogP contribution is -2.52. The molecule has 1 aliphatic rings. The van der Waals surface area contributed by atoms with Crippen LogP contribution in [-0.2, 0) is 10.9 Å². The smallest absolute Gasteiger partial charge is 0.379 e. The van der Waals surface area contributed by atoms with Crippen molar-refractivity contribution in [1.29, 1.82) is 0 Å². The third kappa shape index (κ3) is 6.09. The van der Waals surface area contributed by atoms with Gasteiger partial charge in [0.2, 0.25) is 0 Å². The predicted molar refractivity (Wildman–Crippen MR) is 94.3 cm³/mol. The molecule has 1 aromatic carbocycles. The molecule has 0 atom stereocenters. The molecule has 1 aliphatic heterocycles. The van der Waals surface area contributed by atoms with Gasteiger partial charge in [-0.15, -0.1) is 0 Å². The minimum atomic E-state index is -4.35. The summed E-state index contributed by atoms with van der Waals surface area (Å²) in [4.78, 5) is 15.7. The van der Waals surface area contributed by atoms with Crippen molar-refractivity contribution in [1.82, 2.24) is 10.2 Å². The van der Waals surface area contributed by atoms with Crippen molar-refractivity contribution < 1.29 is 22.7 Å². The second kappa shape index (κ2) is 9.12. The molecule has 0 saturated carbocycles. The molecule has 1 fully saturated rings. The average Bonchev–Trinajstić information content (AvgIpc) is 2.60. The molecule has 2 amide bonds. The number of alkyl halides is 3. The largest absolute Gasteiger partial charge is 0.416 e. The zero-order valence-electron chi connectivity index (χ0n) is 15.2. The molecule has 0 unspecified atom stereocenters. The second-order valence-electron chi connectivity index (χ2n) is 6.53. The number of nitrogens with one attached hydrogen (secondary N) is 1. The van der Waals surface area contributed by atoms with E-state index in [4.69, 9.17) is 4.74 Å². The number of carbonyl (C=O) groups excluding carboxylic acids is 1. The summed E-state index contributed by atoms with van der Waals surface area (Å²) in [5.41, 5.74) is -0.121. The van der Waals surface area contributed by atoms with Gasteiger partial charge in [0.15, 0.2) is 0 Å². The van der Waals surface area contributed by atoms with Gasteiger partial charge in [0, 0.05) is 45.0 Å². The number of amides is 2. The summed E-state index contributed by atoms with van der Waals surface area (Å²) in [7, 11) is 0. The lowest BCUT2D eigenvalue weighted by molar-refractivity contribution is -0.137. The van der Waals surface area contributed by atoms with Gasteiger partial charge < -0.3 is 19.9 Å². The van der Waals surface area contributed by atoms with Crippen molar-refractivity contribution >= 4 is 11.7 Å². The van der Waals surface area contributed by atoms with Gasteiger partial charge in [-0.2, -0.15) is 13.2 Å². The second-order valence-corrected chi connectivity index (χ2v) is 6.53. The molecule has 8 heteroatoms. The number of anilines is 1. The Bertz CT molecular complexity index is 585. The standard InChI is InChI=1S/C18H26F3N3O2/c1-14(2)26-12-4-7-22-17(25)24-10-8-23(9-11-24)16-6-3-5-15(13-16)18(19,20)21/h3,5-6,13-14H,4,7-12H2,1-2H3,(H,22,25). The first-order chi connectivity index (χ1) is 12.3. The molecule has 0 aromatic heterocycles. The van der Waals surface area contributed by atoms with Crippen LogP contribution in [0.3, 0.4) is 0 Å². The van der Waals surface area contributed by atoms with Gasteiger partial charge in [-0.1, -0.05) is 6.07 Å². The van der Waals surface area contributed by atoms with Gasteiger partial charge >= 0.3 is 12.2 Å². The van der Waals surface area contributed by atoms with E-state index in [0.717, 1.165) is 18.6 Å². The molecule has 0 bridgehead atoms. The van der Waals surface area contributed by atoms with Crippen LogP contribution in [0.15, 0.2) is 24.3 Å². The Balaban J connectivity index is 1.77. The number of carbonyl (C=O) groups is 1. The summed E-state index contributed by atoms with van der Waals surface area (Å²) >= 11 is 0. The number of rotatable bonds is 6. The normalized spacial score (nSPS) is 15.5. The van der Waals surface area contributed by atoms with E-state index >= 15 is 0 Å². The molecule has 146 valence electrons. The number of benzene rings is 1. The molecule has 1 heterocycles. The van der Waals surface area contributed by atoms with Crippen LogP contribution in [0.5, 0.6) is 0 Å². The molecule has 0 aliphatic carbocycles. The maximum absolute atomic E-state index is 12.8. The number of hydrogen-bond donors (Lipinski definition) is 1. The number of nitrogens with zero attached hydrogens (tertiary/aromatic N) is 2. The zero-order chi connectivity index (χ0) is 19.2. The minimum absolute atomic E-state index is 0.141. The van der Waals surface area contributed by atoms with Crippen LogP contribution in [0.4, 0.5) is 23.7 Å². The van der Waals surface area contributed by atoms with E-state index in [1.165, 1.54) is 6.07 Å². The van der Waals surface area contributed by atoms with Crippen molar-refractivity contribution in [2.75, 3.05) is 44.2 Å². The number of ether oxygens (including phenoxy) is 1. The number of halogens is 3. The summed E-state index contributed by atoms with van der Waals surface area (Å²) in [6.45, 7) is 7.02. The Morgan fingerprint density at radius 2 is 1.92 bits per heavy atom. The number of piperazine rings is 1. The summed E-state index contributed by atoms with van der Waals surface area (Å²) in [6, 6.07) is 5.16. The molecule has 1 saturated heterocycles. The van der Waals surface area contributed by atoms with E-state index in [1.54, 1.807) is 11.0 Å². The van der Waals surface area contributed by atoms with Crippen LogP contribution in [0.2, 0.25) is 0 Å².